The predicted molar refractivity (Wildman–Crippen MR) is 88.4 cm³/mol. The fraction of sp³-hybridized carbons (Fsp3) is 0.588. The first-order valence-corrected chi connectivity index (χ1v) is 7.55. The fourth-order valence-corrected chi connectivity index (χ4v) is 4.07. The van der Waals surface area contributed by atoms with Gasteiger partial charge in [-0.05, 0) is 44.1 Å². The number of likely N-dealkylation sites (tertiary alicyclic amines) is 1. The standard InChI is InChI=1S/C17H23NO3.ClH/c1-18-9-8-17(7-6-13(19)11-16(17)18)12-4-5-14(20-2)15(10-12)21-3;/h4-5,10,16H,6-9,11H2,1-3H3;1H. The first kappa shape index (κ1) is 17.1. The van der Waals surface area contributed by atoms with Gasteiger partial charge in [0.2, 0.25) is 0 Å². The van der Waals surface area contributed by atoms with Gasteiger partial charge in [-0.2, -0.15) is 0 Å². The number of likely N-dealkylation sites (N-methyl/N-ethyl adjacent to an activating group) is 1. The molecule has 1 aromatic carbocycles. The van der Waals surface area contributed by atoms with Crippen LogP contribution < -0.4 is 9.47 Å². The van der Waals surface area contributed by atoms with E-state index in [0.29, 0.717) is 24.7 Å². The molecule has 3 rings (SSSR count). The second-order valence-electron chi connectivity index (χ2n) is 6.22. The molecule has 0 radical (unpaired) electrons. The minimum atomic E-state index is 0. The zero-order valence-electron chi connectivity index (χ0n) is 13.4. The van der Waals surface area contributed by atoms with Gasteiger partial charge in [0.05, 0.1) is 14.2 Å². The smallest absolute Gasteiger partial charge is 0.161 e. The van der Waals surface area contributed by atoms with Gasteiger partial charge in [0.15, 0.2) is 11.5 Å². The molecule has 2 unspecified atom stereocenters. The average Bonchev–Trinajstić information content (AvgIpc) is 2.85. The maximum absolute atomic E-state index is 11.9. The highest BCUT2D eigenvalue weighted by Gasteiger charge is 2.50. The van der Waals surface area contributed by atoms with Gasteiger partial charge in [0.25, 0.3) is 0 Å². The Hall–Kier alpha value is -1.26. The van der Waals surface area contributed by atoms with Crippen LogP contribution in [0, 0.1) is 0 Å². The Morgan fingerprint density at radius 1 is 1.18 bits per heavy atom. The number of carbonyl (C=O) groups is 1. The average molecular weight is 326 g/mol. The van der Waals surface area contributed by atoms with Gasteiger partial charge < -0.3 is 14.4 Å². The van der Waals surface area contributed by atoms with Crippen LogP contribution in [0.1, 0.15) is 31.2 Å². The third-order valence-corrected chi connectivity index (χ3v) is 5.31. The SMILES string of the molecule is COc1ccc(C23CCC(=O)CC2N(C)CC3)cc1OC.Cl. The van der Waals surface area contributed by atoms with Crippen molar-refractivity contribution >= 4 is 18.2 Å². The van der Waals surface area contributed by atoms with Crippen LogP contribution in [0.3, 0.4) is 0 Å². The zero-order valence-corrected chi connectivity index (χ0v) is 14.2. The van der Waals surface area contributed by atoms with Crippen molar-refractivity contribution in [2.45, 2.75) is 37.1 Å². The second kappa shape index (κ2) is 6.47. The van der Waals surface area contributed by atoms with Crippen molar-refractivity contribution in [1.82, 2.24) is 4.90 Å². The van der Waals surface area contributed by atoms with E-state index < -0.39 is 0 Å². The Kier molecular flexibility index (Phi) is 5.03. The van der Waals surface area contributed by atoms with Crippen LogP contribution in [-0.4, -0.2) is 44.5 Å². The van der Waals surface area contributed by atoms with E-state index in [0.717, 1.165) is 30.9 Å². The number of methoxy groups -OCH3 is 2. The summed E-state index contributed by atoms with van der Waals surface area (Å²) in [6, 6.07) is 6.54. The molecular formula is C17H24ClNO3. The van der Waals surface area contributed by atoms with Crippen molar-refractivity contribution in [2.75, 3.05) is 27.8 Å². The molecule has 2 atom stereocenters. The Morgan fingerprint density at radius 3 is 2.59 bits per heavy atom. The minimum Gasteiger partial charge on any atom is -0.493 e. The number of carbonyl (C=O) groups excluding carboxylic acids is 1. The maximum atomic E-state index is 11.9. The van der Waals surface area contributed by atoms with Gasteiger partial charge in [0, 0.05) is 24.3 Å². The molecule has 5 heteroatoms. The first-order valence-electron chi connectivity index (χ1n) is 7.55. The van der Waals surface area contributed by atoms with E-state index in [4.69, 9.17) is 9.47 Å². The molecule has 1 heterocycles. The summed E-state index contributed by atoms with van der Waals surface area (Å²) in [5.74, 6) is 1.92. The quantitative estimate of drug-likeness (QED) is 0.856. The van der Waals surface area contributed by atoms with E-state index in [-0.39, 0.29) is 17.8 Å². The van der Waals surface area contributed by atoms with Crippen molar-refractivity contribution in [3.8, 4) is 11.5 Å². The van der Waals surface area contributed by atoms with E-state index in [1.54, 1.807) is 14.2 Å². The van der Waals surface area contributed by atoms with E-state index in [1.165, 1.54) is 5.56 Å². The lowest BCUT2D eigenvalue weighted by Crippen LogP contribution is -2.46. The molecule has 0 N–H and O–H groups in total. The molecule has 1 aliphatic heterocycles. The number of hydrogen-bond donors (Lipinski definition) is 0. The molecule has 122 valence electrons. The van der Waals surface area contributed by atoms with E-state index in [9.17, 15) is 4.79 Å². The normalized spacial score (nSPS) is 28.0. The molecule has 0 bridgehead atoms. The van der Waals surface area contributed by atoms with E-state index >= 15 is 0 Å². The van der Waals surface area contributed by atoms with Crippen LogP contribution in [0.5, 0.6) is 11.5 Å². The lowest BCUT2D eigenvalue weighted by atomic mass is 9.66. The van der Waals surface area contributed by atoms with Gasteiger partial charge in [0.1, 0.15) is 5.78 Å². The van der Waals surface area contributed by atoms with Crippen LogP contribution in [0.4, 0.5) is 0 Å². The van der Waals surface area contributed by atoms with Gasteiger partial charge in [-0.1, -0.05) is 6.07 Å². The maximum Gasteiger partial charge on any atom is 0.161 e. The monoisotopic (exact) mass is 325 g/mol. The predicted octanol–water partition coefficient (Wildman–Crippen LogP) is 2.82. The number of fused-ring (bicyclic) bond motifs is 1. The van der Waals surface area contributed by atoms with Gasteiger partial charge in [-0.3, -0.25) is 4.79 Å². The van der Waals surface area contributed by atoms with Crippen LogP contribution in [0.25, 0.3) is 0 Å². The van der Waals surface area contributed by atoms with Crippen molar-refractivity contribution in [3.05, 3.63) is 23.8 Å². The molecule has 1 saturated heterocycles. The first-order chi connectivity index (χ1) is 10.1. The Labute approximate surface area is 138 Å². The summed E-state index contributed by atoms with van der Waals surface area (Å²) in [4.78, 5) is 14.2. The van der Waals surface area contributed by atoms with Crippen LogP contribution in [-0.2, 0) is 10.2 Å². The Balaban J connectivity index is 0.00000176. The number of benzene rings is 1. The summed E-state index contributed by atoms with van der Waals surface area (Å²) in [7, 11) is 5.45. The molecule has 0 spiro atoms. The molecule has 1 aromatic rings. The van der Waals surface area contributed by atoms with Crippen LogP contribution >= 0.6 is 12.4 Å². The summed E-state index contributed by atoms with van der Waals surface area (Å²) >= 11 is 0. The summed E-state index contributed by atoms with van der Waals surface area (Å²) in [6.07, 6.45) is 3.41. The highest BCUT2D eigenvalue weighted by atomic mass is 35.5. The van der Waals surface area contributed by atoms with Gasteiger partial charge >= 0.3 is 0 Å². The molecule has 1 saturated carbocycles. The zero-order chi connectivity index (χ0) is 15.0. The van der Waals surface area contributed by atoms with Crippen molar-refractivity contribution in [1.29, 1.82) is 0 Å². The third kappa shape index (κ3) is 2.59. The highest BCUT2D eigenvalue weighted by molar-refractivity contribution is 5.85. The number of nitrogens with zero attached hydrogens (tertiary/aromatic N) is 1. The topological polar surface area (TPSA) is 38.8 Å². The summed E-state index contributed by atoms with van der Waals surface area (Å²) in [5.41, 5.74) is 1.37. The molecule has 0 amide bonds. The number of rotatable bonds is 3. The number of ketones is 1. The van der Waals surface area contributed by atoms with E-state index in [1.807, 2.05) is 6.07 Å². The molecule has 2 aliphatic rings. The lowest BCUT2D eigenvalue weighted by molar-refractivity contribution is -0.122. The fourth-order valence-electron chi connectivity index (χ4n) is 4.07. The number of hydrogen-bond acceptors (Lipinski definition) is 4. The number of Topliss-reactive ketones (excluding diaryl/α,β-unsaturated/α-hetero) is 1. The molecule has 2 fully saturated rings. The van der Waals surface area contributed by atoms with Crippen LogP contribution in [0.2, 0.25) is 0 Å². The number of halogens is 1. The summed E-state index contributed by atoms with van der Waals surface area (Å²) < 4.78 is 10.8. The van der Waals surface area contributed by atoms with Crippen LogP contribution in [0.15, 0.2) is 18.2 Å². The minimum absolute atomic E-state index is 0. The lowest BCUT2D eigenvalue weighted by Gasteiger charge is -2.41. The largest absolute Gasteiger partial charge is 0.493 e. The molecule has 1 aliphatic carbocycles. The highest BCUT2D eigenvalue weighted by Crippen LogP contribution is 2.48. The van der Waals surface area contributed by atoms with E-state index in [2.05, 4.69) is 24.1 Å². The van der Waals surface area contributed by atoms with Crippen molar-refractivity contribution in [2.24, 2.45) is 0 Å². The third-order valence-electron chi connectivity index (χ3n) is 5.31. The van der Waals surface area contributed by atoms with Crippen molar-refractivity contribution in [3.63, 3.8) is 0 Å². The Bertz CT molecular complexity index is 563. The van der Waals surface area contributed by atoms with Crippen molar-refractivity contribution < 1.29 is 14.3 Å². The second-order valence-corrected chi connectivity index (χ2v) is 6.22. The number of ether oxygens (including phenoxy) is 2. The molecular weight excluding hydrogens is 302 g/mol. The van der Waals surface area contributed by atoms with Gasteiger partial charge in [-0.15, -0.1) is 12.4 Å². The molecule has 0 aromatic heterocycles. The summed E-state index contributed by atoms with van der Waals surface area (Å²) in [6.45, 7) is 1.05. The molecule has 22 heavy (non-hydrogen) atoms. The molecule has 4 nitrogen and oxygen atoms in total. The van der Waals surface area contributed by atoms with Gasteiger partial charge in [-0.25, -0.2) is 0 Å². The Morgan fingerprint density at radius 2 is 1.91 bits per heavy atom. The summed E-state index contributed by atoms with van der Waals surface area (Å²) in [5, 5.41) is 0.